The molecule has 0 amide bonds. The molecular formula is C11H10OS. The molecular weight excluding hydrogens is 180 g/mol. The van der Waals surface area contributed by atoms with Gasteiger partial charge in [0, 0.05) is 10.4 Å². The van der Waals surface area contributed by atoms with Gasteiger partial charge in [0.2, 0.25) is 0 Å². The second-order valence-electron chi connectivity index (χ2n) is 2.91. The standard InChI is InChI=1S/C11H10OS/c1-8-9(6-7-13-8)10-4-2-3-5-11(10)12/h2-7,12H,1H3. The first-order valence-corrected chi connectivity index (χ1v) is 4.99. The summed E-state index contributed by atoms with van der Waals surface area (Å²) >= 11 is 1.70. The second-order valence-corrected chi connectivity index (χ2v) is 4.03. The lowest BCUT2D eigenvalue weighted by molar-refractivity contribution is 0.477. The third kappa shape index (κ3) is 1.45. The number of hydrogen-bond acceptors (Lipinski definition) is 2. The van der Waals surface area contributed by atoms with E-state index in [4.69, 9.17) is 0 Å². The van der Waals surface area contributed by atoms with Gasteiger partial charge in [-0.25, -0.2) is 0 Å². The molecule has 1 aromatic heterocycles. The van der Waals surface area contributed by atoms with Crippen molar-refractivity contribution >= 4 is 11.3 Å². The van der Waals surface area contributed by atoms with E-state index in [1.165, 1.54) is 4.88 Å². The molecule has 2 aromatic rings. The summed E-state index contributed by atoms with van der Waals surface area (Å²) in [6.07, 6.45) is 0. The molecule has 0 radical (unpaired) electrons. The van der Waals surface area contributed by atoms with Crippen LogP contribution in [0.25, 0.3) is 11.1 Å². The molecule has 0 aliphatic rings. The van der Waals surface area contributed by atoms with Gasteiger partial charge in [0.1, 0.15) is 5.75 Å². The molecule has 0 atom stereocenters. The Hall–Kier alpha value is -1.28. The van der Waals surface area contributed by atoms with E-state index in [-0.39, 0.29) is 0 Å². The van der Waals surface area contributed by atoms with Gasteiger partial charge in [-0.2, -0.15) is 0 Å². The molecule has 1 nitrogen and oxygen atoms in total. The van der Waals surface area contributed by atoms with Crippen LogP contribution in [-0.2, 0) is 0 Å². The Morgan fingerprint density at radius 3 is 2.46 bits per heavy atom. The van der Waals surface area contributed by atoms with Crippen molar-refractivity contribution in [1.29, 1.82) is 0 Å². The van der Waals surface area contributed by atoms with Gasteiger partial charge >= 0.3 is 0 Å². The lowest BCUT2D eigenvalue weighted by Crippen LogP contribution is -1.76. The maximum absolute atomic E-state index is 9.61. The van der Waals surface area contributed by atoms with Crippen LogP contribution in [0.3, 0.4) is 0 Å². The van der Waals surface area contributed by atoms with Crippen molar-refractivity contribution in [3.8, 4) is 16.9 Å². The summed E-state index contributed by atoms with van der Waals surface area (Å²) in [4.78, 5) is 1.24. The number of aromatic hydroxyl groups is 1. The first-order valence-electron chi connectivity index (χ1n) is 4.11. The van der Waals surface area contributed by atoms with Gasteiger partial charge in [0.25, 0.3) is 0 Å². The number of benzene rings is 1. The van der Waals surface area contributed by atoms with E-state index in [2.05, 4.69) is 6.92 Å². The average molecular weight is 190 g/mol. The van der Waals surface area contributed by atoms with Gasteiger partial charge < -0.3 is 5.11 Å². The number of phenols is 1. The molecule has 1 N–H and O–H groups in total. The van der Waals surface area contributed by atoms with E-state index in [0.717, 1.165) is 11.1 Å². The second kappa shape index (κ2) is 3.23. The van der Waals surface area contributed by atoms with E-state index >= 15 is 0 Å². The molecule has 0 spiro atoms. The SMILES string of the molecule is Cc1sccc1-c1ccccc1O. The molecule has 2 heteroatoms. The minimum absolute atomic E-state index is 0.351. The summed E-state index contributed by atoms with van der Waals surface area (Å²) in [6.45, 7) is 2.06. The number of thiophene rings is 1. The third-order valence-electron chi connectivity index (χ3n) is 2.05. The number of aryl methyl sites for hydroxylation is 1. The molecule has 0 unspecified atom stereocenters. The molecule has 1 aromatic carbocycles. The largest absolute Gasteiger partial charge is 0.507 e. The third-order valence-corrected chi connectivity index (χ3v) is 2.90. The van der Waals surface area contributed by atoms with Crippen molar-refractivity contribution in [3.63, 3.8) is 0 Å². The molecule has 1 heterocycles. The van der Waals surface area contributed by atoms with E-state index in [0.29, 0.717) is 5.75 Å². The summed E-state index contributed by atoms with van der Waals surface area (Å²) < 4.78 is 0. The lowest BCUT2D eigenvalue weighted by atomic mass is 10.1. The summed E-state index contributed by atoms with van der Waals surface area (Å²) in [5, 5.41) is 11.7. The molecule has 0 fully saturated rings. The summed E-state index contributed by atoms with van der Waals surface area (Å²) in [6, 6.07) is 9.46. The molecule has 0 aliphatic heterocycles. The van der Waals surface area contributed by atoms with Crippen LogP contribution >= 0.6 is 11.3 Å². The summed E-state index contributed by atoms with van der Waals surface area (Å²) in [5.74, 6) is 0.351. The molecule has 0 saturated carbocycles. The highest BCUT2D eigenvalue weighted by Gasteiger charge is 2.05. The van der Waals surface area contributed by atoms with E-state index in [9.17, 15) is 5.11 Å². The van der Waals surface area contributed by atoms with Crippen molar-refractivity contribution < 1.29 is 5.11 Å². The molecule has 0 aliphatic carbocycles. The highest BCUT2D eigenvalue weighted by molar-refractivity contribution is 7.10. The number of para-hydroxylation sites is 1. The average Bonchev–Trinajstić information content (AvgIpc) is 2.52. The first kappa shape index (κ1) is 8.32. The zero-order chi connectivity index (χ0) is 9.26. The van der Waals surface area contributed by atoms with Crippen LogP contribution in [0, 0.1) is 6.92 Å². The zero-order valence-electron chi connectivity index (χ0n) is 7.32. The van der Waals surface area contributed by atoms with Gasteiger partial charge in [0.05, 0.1) is 0 Å². The maximum Gasteiger partial charge on any atom is 0.123 e. The maximum atomic E-state index is 9.61. The number of phenolic OH excluding ortho intramolecular Hbond substituents is 1. The summed E-state index contributed by atoms with van der Waals surface area (Å²) in [5.41, 5.74) is 2.05. The fourth-order valence-corrected chi connectivity index (χ4v) is 2.08. The Balaban J connectivity index is 2.59. The fourth-order valence-electron chi connectivity index (χ4n) is 1.37. The van der Waals surface area contributed by atoms with E-state index < -0.39 is 0 Å². The predicted octanol–water partition coefficient (Wildman–Crippen LogP) is 3.43. The molecule has 2 rings (SSSR count). The van der Waals surface area contributed by atoms with Crippen molar-refractivity contribution in [2.75, 3.05) is 0 Å². The highest BCUT2D eigenvalue weighted by Crippen LogP contribution is 2.33. The Morgan fingerprint density at radius 2 is 1.85 bits per heavy atom. The van der Waals surface area contributed by atoms with Crippen molar-refractivity contribution in [2.45, 2.75) is 6.92 Å². The van der Waals surface area contributed by atoms with Gasteiger partial charge in [-0.05, 0) is 30.0 Å². The minimum Gasteiger partial charge on any atom is -0.507 e. The smallest absolute Gasteiger partial charge is 0.123 e. The molecule has 13 heavy (non-hydrogen) atoms. The van der Waals surface area contributed by atoms with Crippen molar-refractivity contribution in [2.24, 2.45) is 0 Å². The van der Waals surface area contributed by atoms with Crippen LogP contribution < -0.4 is 0 Å². The van der Waals surface area contributed by atoms with E-state index in [1.54, 1.807) is 17.4 Å². The van der Waals surface area contributed by atoms with Crippen LogP contribution in [0.15, 0.2) is 35.7 Å². The monoisotopic (exact) mass is 190 g/mol. The van der Waals surface area contributed by atoms with Crippen LogP contribution in [0.1, 0.15) is 4.88 Å². The van der Waals surface area contributed by atoms with Crippen LogP contribution in [0.4, 0.5) is 0 Å². The van der Waals surface area contributed by atoms with E-state index in [1.807, 2.05) is 29.6 Å². The van der Waals surface area contributed by atoms with Gasteiger partial charge in [-0.3, -0.25) is 0 Å². The number of rotatable bonds is 1. The quantitative estimate of drug-likeness (QED) is 0.730. The van der Waals surface area contributed by atoms with Crippen LogP contribution in [-0.4, -0.2) is 5.11 Å². The molecule has 66 valence electrons. The zero-order valence-corrected chi connectivity index (χ0v) is 8.14. The lowest BCUT2D eigenvalue weighted by Gasteiger charge is -2.02. The van der Waals surface area contributed by atoms with Gasteiger partial charge in [-0.1, -0.05) is 18.2 Å². The predicted molar refractivity (Wildman–Crippen MR) is 56.2 cm³/mol. The van der Waals surface area contributed by atoms with Crippen molar-refractivity contribution in [3.05, 3.63) is 40.6 Å². The Bertz CT molecular complexity index is 418. The molecule has 0 saturated heterocycles. The Kier molecular flexibility index (Phi) is 2.07. The van der Waals surface area contributed by atoms with Crippen LogP contribution in [0.5, 0.6) is 5.75 Å². The topological polar surface area (TPSA) is 20.2 Å². The Morgan fingerprint density at radius 1 is 1.08 bits per heavy atom. The minimum atomic E-state index is 0.351. The van der Waals surface area contributed by atoms with Gasteiger partial charge in [0.15, 0.2) is 0 Å². The highest BCUT2D eigenvalue weighted by atomic mass is 32.1. The van der Waals surface area contributed by atoms with Crippen molar-refractivity contribution in [1.82, 2.24) is 0 Å². The van der Waals surface area contributed by atoms with Gasteiger partial charge in [-0.15, -0.1) is 11.3 Å². The summed E-state index contributed by atoms with van der Waals surface area (Å²) in [7, 11) is 0. The Labute approximate surface area is 81.3 Å². The molecule has 0 bridgehead atoms. The fraction of sp³-hybridized carbons (Fsp3) is 0.0909. The normalized spacial score (nSPS) is 10.2. The first-order chi connectivity index (χ1) is 6.29. The number of hydrogen-bond donors (Lipinski definition) is 1. The van der Waals surface area contributed by atoms with Crippen LogP contribution in [0.2, 0.25) is 0 Å².